The van der Waals surface area contributed by atoms with Crippen molar-refractivity contribution >= 4 is 48.6 Å². The second-order valence-corrected chi connectivity index (χ2v) is 23.1. The van der Waals surface area contributed by atoms with Gasteiger partial charge in [-0.15, -0.1) is 11.3 Å². The number of aromatic nitrogens is 3. The van der Waals surface area contributed by atoms with E-state index in [0.717, 1.165) is 64.2 Å². The molecule has 8 bridgehead atoms. The molecule has 8 aliphatic carbocycles. The molecule has 8 aromatic rings. The molecule has 0 radical (unpaired) electrons. The maximum Gasteiger partial charge on any atom is 0.163 e. The van der Waals surface area contributed by atoms with E-state index >= 15 is 0 Å². The van der Waals surface area contributed by atoms with Gasteiger partial charge in [-0.25, -0.2) is 15.0 Å². The van der Waals surface area contributed by atoms with Gasteiger partial charge in [-0.1, -0.05) is 103 Å². The molecular weight excluding hydrogens is 809 g/mol. The van der Waals surface area contributed by atoms with Gasteiger partial charge in [-0.2, -0.15) is 0 Å². The van der Waals surface area contributed by atoms with Gasteiger partial charge in [0.05, 0.1) is 16.8 Å². The molecule has 0 atom stereocenters. The lowest BCUT2D eigenvalue weighted by molar-refractivity contribution is -0.0155. The Balaban J connectivity index is 0.888. The minimum atomic E-state index is -0.558. The lowest BCUT2D eigenvalue weighted by Crippen LogP contribution is -2.51. The number of benzene rings is 6. The SMILES string of the molecule is c1ccc(C2(c3cccc4c3sc3ccccc34)c3ccccc3N(c3ccc(-c4nc(C56CC7CC(CC(C7)C5)C6)nc(C56CC7CC(CC(C7)C5)C6)n4)cc3)c3ccccc32)cc1. The molecule has 9 aliphatic rings. The highest BCUT2D eigenvalue weighted by Gasteiger charge is 2.56. The summed E-state index contributed by atoms with van der Waals surface area (Å²) in [5.41, 5.74) is 9.53. The predicted molar refractivity (Wildman–Crippen MR) is 264 cm³/mol. The van der Waals surface area contributed by atoms with Gasteiger partial charge in [0.15, 0.2) is 5.82 Å². The fourth-order valence-corrected chi connectivity index (χ4v) is 17.8. The first-order chi connectivity index (χ1) is 32.0. The van der Waals surface area contributed by atoms with Crippen LogP contribution >= 0.6 is 11.3 Å². The monoisotopic (exact) mass is 862 g/mol. The van der Waals surface area contributed by atoms with E-state index in [1.54, 1.807) is 0 Å². The van der Waals surface area contributed by atoms with E-state index in [2.05, 4.69) is 150 Å². The minimum absolute atomic E-state index is 0.121. The average molecular weight is 863 g/mol. The zero-order chi connectivity index (χ0) is 42.5. The second-order valence-electron chi connectivity index (χ2n) is 22.0. The first-order valence-electron chi connectivity index (χ1n) is 24.8. The lowest BCUT2D eigenvalue weighted by atomic mass is 9.49. The number of hydrogen-bond acceptors (Lipinski definition) is 5. The first kappa shape index (κ1) is 37.6. The van der Waals surface area contributed by atoms with Crippen LogP contribution in [0, 0.1) is 35.5 Å². The van der Waals surface area contributed by atoms with Crippen LogP contribution in [-0.4, -0.2) is 15.0 Å². The van der Waals surface area contributed by atoms with E-state index < -0.39 is 5.41 Å². The van der Waals surface area contributed by atoms with E-state index in [-0.39, 0.29) is 10.8 Å². The molecular formula is C60H54N4S. The molecule has 6 aromatic carbocycles. The second kappa shape index (κ2) is 13.7. The maximum absolute atomic E-state index is 5.74. The minimum Gasteiger partial charge on any atom is -0.310 e. The molecule has 0 unspecified atom stereocenters. The van der Waals surface area contributed by atoms with Crippen LogP contribution < -0.4 is 4.90 Å². The van der Waals surface area contributed by atoms with Crippen molar-refractivity contribution in [3.63, 3.8) is 0 Å². The number of fused-ring (bicyclic) bond motifs is 5. The normalized spacial score (nSPS) is 29.9. The summed E-state index contributed by atoms with van der Waals surface area (Å²) in [5.74, 6) is 8.28. The smallest absolute Gasteiger partial charge is 0.163 e. The van der Waals surface area contributed by atoms with Crippen LogP contribution in [0.15, 0.2) is 146 Å². The van der Waals surface area contributed by atoms with Crippen molar-refractivity contribution in [2.45, 2.75) is 93.3 Å². The third kappa shape index (κ3) is 5.39. The van der Waals surface area contributed by atoms with Crippen molar-refractivity contribution in [2.24, 2.45) is 35.5 Å². The summed E-state index contributed by atoms with van der Waals surface area (Å²) in [6.45, 7) is 0. The molecule has 5 heteroatoms. The van der Waals surface area contributed by atoms with E-state index in [9.17, 15) is 0 Å². The first-order valence-corrected chi connectivity index (χ1v) is 25.7. The molecule has 8 saturated carbocycles. The van der Waals surface area contributed by atoms with Crippen LogP contribution in [0.4, 0.5) is 17.1 Å². The summed E-state index contributed by atoms with van der Waals surface area (Å²) in [5, 5.41) is 2.65. The van der Waals surface area contributed by atoms with Gasteiger partial charge < -0.3 is 4.90 Å². The summed E-state index contributed by atoms with van der Waals surface area (Å²) in [4.78, 5) is 19.5. The van der Waals surface area contributed by atoms with Gasteiger partial charge in [-0.3, -0.25) is 0 Å². The number of para-hydroxylation sites is 2. The zero-order valence-corrected chi connectivity index (χ0v) is 37.8. The molecule has 65 heavy (non-hydrogen) atoms. The molecule has 1 aliphatic heterocycles. The Hall–Kier alpha value is -5.65. The van der Waals surface area contributed by atoms with Crippen LogP contribution in [0.2, 0.25) is 0 Å². The number of rotatable bonds is 6. The van der Waals surface area contributed by atoms with Crippen molar-refractivity contribution in [1.29, 1.82) is 0 Å². The molecule has 17 rings (SSSR count). The highest BCUT2D eigenvalue weighted by atomic mass is 32.1. The third-order valence-corrected chi connectivity index (χ3v) is 19.4. The summed E-state index contributed by atoms with van der Waals surface area (Å²) in [6.07, 6.45) is 16.2. The van der Waals surface area contributed by atoms with E-state index in [1.165, 1.54) is 131 Å². The van der Waals surface area contributed by atoms with Crippen LogP contribution in [0.25, 0.3) is 31.6 Å². The molecule has 320 valence electrons. The Kier molecular flexibility index (Phi) is 7.92. The summed E-state index contributed by atoms with van der Waals surface area (Å²) < 4.78 is 2.67. The predicted octanol–water partition coefficient (Wildman–Crippen LogP) is 15.0. The largest absolute Gasteiger partial charge is 0.310 e. The Morgan fingerprint density at radius 1 is 0.431 bits per heavy atom. The summed E-state index contributed by atoms with van der Waals surface area (Å²) in [6, 6.07) is 54.8. The Labute approximate surface area is 386 Å². The highest BCUT2D eigenvalue weighted by molar-refractivity contribution is 7.26. The topological polar surface area (TPSA) is 41.9 Å². The number of anilines is 3. The van der Waals surface area contributed by atoms with E-state index in [1.807, 2.05) is 11.3 Å². The fourth-order valence-electron chi connectivity index (χ4n) is 16.5. The lowest BCUT2D eigenvalue weighted by Gasteiger charge is -2.57. The van der Waals surface area contributed by atoms with Gasteiger partial charge >= 0.3 is 0 Å². The third-order valence-electron chi connectivity index (χ3n) is 18.2. The van der Waals surface area contributed by atoms with Gasteiger partial charge in [0, 0.05) is 42.3 Å². The van der Waals surface area contributed by atoms with Crippen LogP contribution in [0.5, 0.6) is 0 Å². The quantitative estimate of drug-likeness (QED) is 0.167. The van der Waals surface area contributed by atoms with Crippen LogP contribution in [0.3, 0.4) is 0 Å². The van der Waals surface area contributed by atoms with Gasteiger partial charge in [-0.05, 0) is 177 Å². The molecule has 0 saturated heterocycles. The standard InChI is InChI=1S/C60H54N4S/c1-2-11-44(12-3-1)60(50-17-10-14-47-46-13-4-9-20-53(46)65-54(47)50)48-15-5-7-18-51(48)64(52-19-8-6-16-49(52)60)45-23-21-43(22-24-45)55-61-56(58-31-37-25-38(32-58)27-39(26-37)33-58)63-57(62-55)59-34-40-28-41(35-59)30-42(29-40)36-59/h1-24,37-42H,25-36H2. The molecule has 0 N–H and O–H groups in total. The molecule has 8 fully saturated rings. The molecule has 3 heterocycles. The van der Waals surface area contributed by atoms with E-state index in [4.69, 9.17) is 15.0 Å². The maximum atomic E-state index is 5.74. The Bertz CT molecular complexity index is 3020. The molecule has 2 aromatic heterocycles. The van der Waals surface area contributed by atoms with Gasteiger partial charge in [0.2, 0.25) is 0 Å². The molecule has 4 nitrogen and oxygen atoms in total. The summed E-state index contributed by atoms with van der Waals surface area (Å²) in [7, 11) is 0. The zero-order valence-electron chi connectivity index (χ0n) is 37.0. The molecule has 0 amide bonds. The van der Waals surface area contributed by atoms with Crippen LogP contribution in [0.1, 0.15) is 111 Å². The fraction of sp³-hybridized carbons (Fsp3) is 0.350. The number of nitrogens with zero attached hydrogens (tertiary/aromatic N) is 4. The number of hydrogen-bond donors (Lipinski definition) is 0. The van der Waals surface area contributed by atoms with Crippen molar-refractivity contribution in [3.05, 3.63) is 179 Å². The van der Waals surface area contributed by atoms with Gasteiger partial charge in [0.25, 0.3) is 0 Å². The molecule has 0 spiro atoms. The average Bonchev–Trinajstić information content (AvgIpc) is 3.72. The van der Waals surface area contributed by atoms with Crippen LogP contribution in [-0.2, 0) is 16.2 Å². The van der Waals surface area contributed by atoms with Crippen molar-refractivity contribution in [2.75, 3.05) is 4.90 Å². The van der Waals surface area contributed by atoms with Crippen molar-refractivity contribution in [3.8, 4) is 11.4 Å². The van der Waals surface area contributed by atoms with Crippen molar-refractivity contribution < 1.29 is 0 Å². The van der Waals surface area contributed by atoms with Gasteiger partial charge in [0.1, 0.15) is 11.6 Å². The highest BCUT2D eigenvalue weighted by Crippen LogP contribution is 2.63. The Morgan fingerprint density at radius 3 is 1.48 bits per heavy atom. The number of thiophene rings is 1. The Morgan fingerprint density at radius 2 is 0.908 bits per heavy atom. The van der Waals surface area contributed by atoms with Crippen molar-refractivity contribution in [1.82, 2.24) is 15.0 Å². The van der Waals surface area contributed by atoms with E-state index in [0.29, 0.717) is 0 Å². The summed E-state index contributed by atoms with van der Waals surface area (Å²) >= 11 is 1.92.